The third-order valence-electron chi connectivity index (χ3n) is 3.14. The molecule has 0 saturated carbocycles. The Bertz CT molecular complexity index is 434. The summed E-state index contributed by atoms with van der Waals surface area (Å²) in [5.41, 5.74) is 1.04. The highest BCUT2D eigenvalue weighted by Crippen LogP contribution is 2.21. The summed E-state index contributed by atoms with van der Waals surface area (Å²) in [7, 11) is 0. The van der Waals surface area contributed by atoms with Crippen molar-refractivity contribution in [2.45, 2.75) is 26.2 Å². The Balaban J connectivity index is 1.73. The number of hydrogen-bond acceptors (Lipinski definition) is 2. The molecule has 0 aliphatic carbocycles. The highest BCUT2D eigenvalue weighted by Gasteiger charge is 2.18. The first-order valence-electron chi connectivity index (χ1n) is 6.33. The average molecular weight is 268 g/mol. The van der Waals surface area contributed by atoms with E-state index in [2.05, 4.69) is 0 Å². The lowest BCUT2D eigenvalue weighted by atomic mass is 10.2. The first kappa shape index (κ1) is 13.2. The molecule has 1 saturated heterocycles. The monoisotopic (exact) mass is 267 g/mol. The van der Waals surface area contributed by atoms with E-state index in [1.807, 2.05) is 30.0 Å². The Labute approximate surface area is 113 Å². The number of benzene rings is 1. The van der Waals surface area contributed by atoms with Gasteiger partial charge in [0.25, 0.3) is 0 Å². The zero-order valence-electron chi connectivity index (χ0n) is 10.6. The maximum absolute atomic E-state index is 11.4. The molecular weight excluding hydrogens is 250 g/mol. The zero-order chi connectivity index (χ0) is 13.0. The van der Waals surface area contributed by atoms with Crippen molar-refractivity contribution in [1.29, 1.82) is 0 Å². The first-order valence-corrected chi connectivity index (χ1v) is 6.71. The standard InChI is InChI=1S/C14H18ClNO2/c1-11-10-12(15)5-6-13(11)18-9-3-8-16-7-2-4-14(16)17/h5-6,10H,2-4,7-9H2,1H3. The molecule has 1 fully saturated rings. The van der Waals surface area contributed by atoms with E-state index >= 15 is 0 Å². The summed E-state index contributed by atoms with van der Waals surface area (Å²) in [6.45, 7) is 4.31. The van der Waals surface area contributed by atoms with E-state index in [4.69, 9.17) is 16.3 Å². The molecule has 0 N–H and O–H groups in total. The predicted octanol–water partition coefficient (Wildman–Crippen LogP) is 3.04. The second kappa shape index (κ2) is 6.10. The fourth-order valence-corrected chi connectivity index (χ4v) is 2.38. The van der Waals surface area contributed by atoms with Crippen molar-refractivity contribution in [2.75, 3.05) is 19.7 Å². The Morgan fingerprint density at radius 3 is 2.94 bits per heavy atom. The molecule has 98 valence electrons. The summed E-state index contributed by atoms with van der Waals surface area (Å²) in [5.74, 6) is 1.14. The number of carbonyl (C=O) groups is 1. The van der Waals surface area contributed by atoms with Gasteiger partial charge in [0.2, 0.25) is 5.91 Å². The molecule has 1 aliphatic rings. The zero-order valence-corrected chi connectivity index (χ0v) is 11.4. The Kier molecular flexibility index (Phi) is 4.48. The Morgan fingerprint density at radius 1 is 1.44 bits per heavy atom. The number of amides is 1. The summed E-state index contributed by atoms with van der Waals surface area (Å²) in [6.07, 6.45) is 2.57. The highest BCUT2D eigenvalue weighted by atomic mass is 35.5. The summed E-state index contributed by atoms with van der Waals surface area (Å²) in [6, 6.07) is 5.60. The van der Waals surface area contributed by atoms with Crippen molar-refractivity contribution < 1.29 is 9.53 Å². The van der Waals surface area contributed by atoms with Gasteiger partial charge in [-0.3, -0.25) is 4.79 Å². The smallest absolute Gasteiger partial charge is 0.222 e. The van der Waals surface area contributed by atoms with E-state index < -0.39 is 0 Å². The van der Waals surface area contributed by atoms with Crippen molar-refractivity contribution in [3.63, 3.8) is 0 Å². The van der Waals surface area contributed by atoms with Crippen molar-refractivity contribution in [3.8, 4) is 5.75 Å². The molecule has 1 amide bonds. The van der Waals surface area contributed by atoms with E-state index in [0.717, 1.165) is 42.3 Å². The van der Waals surface area contributed by atoms with Gasteiger partial charge in [0.15, 0.2) is 0 Å². The molecular formula is C14H18ClNO2. The van der Waals surface area contributed by atoms with Crippen LogP contribution in [0, 0.1) is 6.92 Å². The summed E-state index contributed by atoms with van der Waals surface area (Å²) in [4.78, 5) is 13.3. The number of rotatable bonds is 5. The molecule has 1 aliphatic heterocycles. The number of hydrogen-bond donors (Lipinski definition) is 0. The second-order valence-corrected chi connectivity index (χ2v) is 5.03. The van der Waals surface area contributed by atoms with Crippen LogP contribution < -0.4 is 4.74 Å². The van der Waals surface area contributed by atoms with E-state index in [1.165, 1.54) is 0 Å². The van der Waals surface area contributed by atoms with Gasteiger partial charge in [-0.1, -0.05) is 11.6 Å². The van der Waals surface area contributed by atoms with Gasteiger partial charge in [-0.15, -0.1) is 0 Å². The topological polar surface area (TPSA) is 29.5 Å². The van der Waals surface area contributed by atoms with Gasteiger partial charge in [-0.2, -0.15) is 0 Å². The van der Waals surface area contributed by atoms with E-state index in [0.29, 0.717) is 13.0 Å². The Hall–Kier alpha value is -1.22. The highest BCUT2D eigenvalue weighted by molar-refractivity contribution is 6.30. The molecule has 0 radical (unpaired) electrons. The van der Waals surface area contributed by atoms with Gasteiger partial charge in [-0.05, 0) is 43.5 Å². The minimum absolute atomic E-state index is 0.276. The maximum atomic E-state index is 11.4. The van der Waals surface area contributed by atoms with Gasteiger partial charge >= 0.3 is 0 Å². The van der Waals surface area contributed by atoms with Gasteiger partial charge in [-0.25, -0.2) is 0 Å². The molecule has 0 spiro atoms. The lowest BCUT2D eigenvalue weighted by Gasteiger charge is -2.15. The second-order valence-electron chi connectivity index (χ2n) is 4.60. The van der Waals surface area contributed by atoms with Crippen LogP contribution in [0.5, 0.6) is 5.75 Å². The fourth-order valence-electron chi connectivity index (χ4n) is 2.15. The lowest BCUT2D eigenvalue weighted by Crippen LogP contribution is -2.26. The molecule has 2 rings (SSSR count). The molecule has 1 heterocycles. The largest absolute Gasteiger partial charge is 0.493 e. The van der Waals surface area contributed by atoms with Crippen molar-refractivity contribution in [1.82, 2.24) is 4.90 Å². The van der Waals surface area contributed by atoms with Gasteiger partial charge in [0, 0.05) is 24.5 Å². The van der Waals surface area contributed by atoms with E-state index in [-0.39, 0.29) is 5.91 Å². The minimum Gasteiger partial charge on any atom is -0.493 e. The van der Waals surface area contributed by atoms with Crippen LogP contribution in [0.1, 0.15) is 24.8 Å². The van der Waals surface area contributed by atoms with Gasteiger partial charge < -0.3 is 9.64 Å². The van der Waals surface area contributed by atoms with Crippen LogP contribution in [0.4, 0.5) is 0 Å². The lowest BCUT2D eigenvalue weighted by molar-refractivity contribution is -0.127. The van der Waals surface area contributed by atoms with Gasteiger partial charge in [0.05, 0.1) is 6.61 Å². The summed E-state index contributed by atoms with van der Waals surface area (Å²) in [5, 5.41) is 0.725. The van der Waals surface area contributed by atoms with Crippen LogP contribution in [0.3, 0.4) is 0 Å². The average Bonchev–Trinajstić information content (AvgIpc) is 2.73. The summed E-state index contributed by atoms with van der Waals surface area (Å²) < 4.78 is 5.69. The number of aryl methyl sites for hydroxylation is 1. The predicted molar refractivity (Wildman–Crippen MR) is 72.1 cm³/mol. The van der Waals surface area contributed by atoms with E-state index in [1.54, 1.807) is 0 Å². The molecule has 0 bridgehead atoms. The van der Waals surface area contributed by atoms with Crippen LogP contribution in [0.15, 0.2) is 18.2 Å². The fraction of sp³-hybridized carbons (Fsp3) is 0.500. The molecule has 3 nitrogen and oxygen atoms in total. The molecule has 4 heteroatoms. The van der Waals surface area contributed by atoms with Crippen LogP contribution in [-0.2, 0) is 4.79 Å². The quantitative estimate of drug-likeness (QED) is 0.768. The Morgan fingerprint density at radius 2 is 2.28 bits per heavy atom. The number of halogens is 1. The number of carbonyl (C=O) groups excluding carboxylic acids is 1. The normalized spacial score (nSPS) is 15.2. The van der Waals surface area contributed by atoms with E-state index in [9.17, 15) is 4.79 Å². The third kappa shape index (κ3) is 3.39. The SMILES string of the molecule is Cc1cc(Cl)ccc1OCCCN1CCCC1=O. The molecule has 18 heavy (non-hydrogen) atoms. The van der Waals surface area contributed by atoms with Gasteiger partial charge in [0.1, 0.15) is 5.75 Å². The number of ether oxygens (including phenoxy) is 1. The van der Waals surface area contributed by atoms with Crippen LogP contribution in [0.2, 0.25) is 5.02 Å². The van der Waals surface area contributed by atoms with Crippen molar-refractivity contribution >= 4 is 17.5 Å². The van der Waals surface area contributed by atoms with Crippen molar-refractivity contribution in [2.24, 2.45) is 0 Å². The molecule has 0 atom stereocenters. The van der Waals surface area contributed by atoms with Crippen molar-refractivity contribution in [3.05, 3.63) is 28.8 Å². The first-order chi connectivity index (χ1) is 8.66. The molecule has 1 aromatic carbocycles. The molecule has 0 unspecified atom stereocenters. The molecule has 0 aromatic heterocycles. The van der Waals surface area contributed by atoms with Crippen LogP contribution in [0.25, 0.3) is 0 Å². The number of nitrogens with zero attached hydrogens (tertiary/aromatic N) is 1. The number of likely N-dealkylation sites (tertiary alicyclic amines) is 1. The van der Waals surface area contributed by atoms with Crippen LogP contribution in [-0.4, -0.2) is 30.5 Å². The minimum atomic E-state index is 0.276. The third-order valence-corrected chi connectivity index (χ3v) is 3.37. The van der Waals surface area contributed by atoms with Crippen LogP contribution >= 0.6 is 11.6 Å². The maximum Gasteiger partial charge on any atom is 0.222 e. The molecule has 1 aromatic rings. The summed E-state index contributed by atoms with van der Waals surface area (Å²) >= 11 is 5.88.